The van der Waals surface area contributed by atoms with Crippen LogP contribution in [0.2, 0.25) is 0 Å². The van der Waals surface area contributed by atoms with E-state index in [2.05, 4.69) is 56.4 Å². The topological polar surface area (TPSA) is 20.2 Å². The minimum atomic E-state index is -4.21. The number of hydrogen-bond donors (Lipinski definition) is 1. The first kappa shape index (κ1) is 23.1. The van der Waals surface area contributed by atoms with Crippen LogP contribution in [-0.4, -0.2) is 16.9 Å². The number of aryl methyl sites for hydroxylation is 2. The number of aliphatic hydroxyl groups is 1. The van der Waals surface area contributed by atoms with Crippen LogP contribution in [0.15, 0.2) is 42.5 Å². The first-order valence-electron chi connectivity index (χ1n) is 11.4. The normalized spacial score (nSPS) is 29.3. The predicted molar refractivity (Wildman–Crippen MR) is 117 cm³/mol. The predicted octanol–water partition coefficient (Wildman–Crippen LogP) is 7.36. The Balaban J connectivity index is 1.83. The molecule has 1 aromatic carbocycles. The Morgan fingerprint density at radius 2 is 1.90 bits per heavy atom. The second kappa shape index (κ2) is 9.30. The second-order valence-electron chi connectivity index (χ2n) is 9.40. The lowest BCUT2D eigenvalue weighted by molar-refractivity contribution is -0.153. The number of allylic oxidation sites excluding steroid dienone is 4. The molecule has 3 atom stereocenters. The Hall–Kier alpha value is -1.55. The van der Waals surface area contributed by atoms with E-state index in [9.17, 15) is 18.3 Å². The molecule has 2 aliphatic carbocycles. The van der Waals surface area contributed by atoms with Crippen molar-refractivity contribution in [1.29, 1.82) is 0 Å². The zero-order valence-electron chi connectivity index (χ0n) is 18.3. The smallest absolute Gasteiger partial charge is 0.389 e. The zero-order chi connectivity index (χ0) is 21.8. The fraction of sp³-hybridized carbons (Fsp3) is 0.615. The van der Waals surface area contributed by atoms with Crippen LogP contribution in [0.5, 0.6) is 0 Å². The number of alkyl halides is 3. The highest BCUT2D eigenvalue weighted by Crippen LogP contribution is 2.56. The van der Waals surface area contributed by atoms with Gasteiger partial charge in [-0.15, -0.1) is 0 Å². The van der Waals surface area contributed by atoms with E-state index in [1.54, 1.807) is 0 Å². The molecule has 30 heavy (non-hydrogen) atoms. The van der Waals surface area contributed by atoms with Gasteiger partial charge in [-0.1, -0.05) is 55.0 Å². The number of fused-ring (bicyclic) bond motifs is 3. The van der Waals surface area contributed by atoms with Crippen molar-refractivity contribution in [3.8, 4) is 0 Å². The maximum Gasteiger partial charge on any atom is 0.389 e. The van der Waals surface area contributed by atoms with Gasteiger partial charge >= 0.3 is 6.18 Å². The molecule has 0 heterocycles. The van der Waals surface area contributed by atoms with Gasteiger partial charge in [-0.3, -0.25) is 0 Å². The maximum absolute atomic E-state index is 12.8. The molecule has 0 amide bonds. The van der Waals surface area contributed by atoms with Gasteiger partial charge in [0, 0.05) is 6.42 Å². The van der Waals surface area contributed by atoms with E-state index in [-0.39, 0.29) is 17.8 Å². The molecule has 0 aliphatic heterocycles. The van der Waals surface area contributed by atoms with Crippen molar-refractivity contribution in [3.05, 3.63) is 59.2 Å². The zero-order valence-corrected chi connectivity index (χ0v) is 18.3. The average molecular weight is 421 g/mol. The first-order chi connectivity index (χ1) is 14.2. The van der Waals surface area contributed by atoms with E-state index in [0.717, 1.165) is 38.5 Å². The molecule has 1 aromatic rings. The van der Waals surface area contributed by atoms with Gasteiger partial charge in [-0.05, 0) is 87.2 Å². The van der Waals surface area contributed by atoms with Crippen molar-refractivity contribution in [3.63, 3.8) is 0 Å². The van der Waals surface area contributed by atoms with Crippen LogP contribution in [0.3, 0.4) is 0 Å². The highest BCUT2D eigenvalue weighted by atomic mass is 19.4. The van der Waals surface area contributed by atoms with E-state index in [0.29, 0.717) is 12.8 Å². The molecule has 0 spiro atoms. The SMILES string of the molecule is CC/C=C\C=C/CC[C@@]12CC[C@](O)(CCC(F)(F)F)C[C@H]1CCc1cc(C)ccc12. The van der Waals surface area contributed by atoms with E-state index >= 15 is 0 Å². The highest BCUT2D eigenvalue weighted by molar-refractivity contribution is 5.41. The summed E-state index contributed by atoms with van der Waals surface area (Å²) in [5.41, 5.74) is 2.79. The van der Waals surface area contributed by atoms with Crippen LogP contribution >= 0.6 is 0 Å². The lowest BCUT2D eigenvalue weighted by atomic mass is 9.52. The van der Waals surface area contributed by atoms with Crippen LogP contribution in [0.25, 0.3) is 0 Å². The summed E-state index contributed by atoms with van der Waals surface area (Å²) in [5, 5.41) is 11.0. The quantitative estimate of drug-likeness (QED) is 0.457. The molecule has 0 unspecified atom stereocenters. The van der Waals surface area contributed by atoms with E-state index in [1.165, 1.54) is 16.7 Å². The number of rotatable bonds is 7. The summed E-state index contributed by atoms with van der Waals surface area (Å²) < 4.78 is 38.4. The van der Waals surface area contributed by atoms with Gasteiger partial charge in [0.2, 0.25) is 0 Å². The van der Waals surface area contributed by atoms with Crippen molar-refractivity contribution in [1.82, 2.24) is 0 Å². The van der Waals surface area contributed by atoms with Gasteiger partial charge in [0.1, 0.15) is 0 Å². The largest absolute Gasteiger partial charge is 0.390 e. The third kappa shape index (κ3) is 5.38. The van der Waals surface area contributed by atoms with Gasteiger partial charge in [-0.2, -0.15) is 13.2 Å². The van der Waals surface area contributed by atoms with Crippen molar-refractivity contribution in [2.24, 2.45) is 5.92 Å². The molecule has 166 valence electrons. The summed E-state index contributed by atoms with van der Waals surface area (Å²) in [6.45, 7) is 4.22. The molecule has 3 rings (SSSR count). The van der Waals surface area contributed by atoms with Crippen LogP contribution < -0.4 is 0 Å². The van der Waals surface area contributed by atoms with Crippen LogP contribution in [0.4, 0.5) is 13.2 Å². The number of benzene rings is 1. The molecule has 1 fully saturated rings. The van der Waals surface area contributed by atoms with Crippen molar-refractivity contribution < 1.29 is 18.3 Å². The lowest BCUT2D eigenvalue weighted by Gasteiger charge is -2.53. The molecule has 0 saturated heterocycles. The van der Waals surface area contributed by atoms with Crippen LogP contribution in [0, 0.1) is 12.8 Å². The van der Waals surface area contributed by atoms with Gasteiger partial charge in [0.15, 0.2) is 0 Å². The molecule has 2 aliphatic rings. The van der Waals surface area contributed by atoms with Gasteiger partial charge in [0.25, 0.3) is 0 Å². The number of hydrogen-bond acceptors (Lipinski definition) is 1. The molecule has 0 bridgehead atoms. The van der Waals surface area contributed by atoms with Gasteiger partial charge in [-0.25, -0.2) is 0 Å². The average Bonchev–Trinajstić information content (AvgIpc) is 2.69. The maximum atomic E-state index is 12.8. The summed E-state index contributed by atoms with van der Waals surface area (Å²) >= 11 is 0. The summed E-state index contributed by atoms with van der Waals surface area (Å²) in [4.78, 5) is 0. The number of halogens is 3. The van der Waals surface area contributed by atoms with Crippen LogP contribution in [-0.2, 0) is 11.8 Å². The molecular weight excluding hydrogens is 385 g/mol. The Kier molecular flexibility index (Phi) is 7.16. The second-order valence-corrected chi connectivity index (χ2v) is 9.40. The summed E-state index contributed by atoms with van der Waals surface area (Å²) in [6.07, 6.45) is 9.75. The Morgan fingerprint density at radius 3 is 2.63 bits per heavy atom. The van der Waals surface area contributed by atoms with Gasteiger partial charge < -0.3 is 5.11 Å². The Morgan fingerprint density at radius 1 is 1.13 bits per heavy atom. The first-order valence-corrected chi connectivity index (χ1v) is 11.4. The summed E-state index contributed by atoms with van der Waals surface area (Å²) in [7, 11) is 0. The van der Waals surface area contributed by atoms with Crippen molar-refractivity contribution in [2.75, 3.05) is 0 Å². The minimum Gasteiger partial charge on any atom is -0.390 e. The van der Waals surface area contributed by atoms with Crippen molar-refractivity contribution in [2.45, 2.75) is 95.2 Å². The fourth-order valence-corrected chi connectivity index (χ4v) is 5.69. The lowest BCUT2D eigenvalue weighted by Crippen LogP contribution is -2.50. The van der Waals surface area contributed by atoms with E-state index < -0.39 is 18.2 Å². The Bertz CT molecular complexity index is 779. The van der Waals surface area contributed by atoms with Crippen LogP contribution in [0.1, 0.15) is 81.4 Å². The molecule has 0 aromatic heterocycles. The molecule has 1 saturated carbocycles. The summed E-state index contributed by atoms with van der Waals surface area (Å²) in [5.74, 6) is 0.235. The minimum absolute atomic E-state index is 0.0371. The van der Waals surface area contributed by atoms with Gasteiger partial charge in [0.05, 0.1) is 5.60 Å². The third-order valence-electron chi connectivity index (χ3n) is 7.25. The molecule has 0 radical (unpaired) electrons. The Labute approximate surface area is 179 Å². The monoisotopic (exact) mass is 420 g/mol. The highest BCUT2D eigenvalue weighted by Gasteiger charge is 2.51. The van der Waals surface area contributed by atoms with E-state index in [4.69, 9.17) is 0 Å². The van der Waals surface area contributed by atoms with Crippen molar-refractivity contribution >= 4 is 0 Å². The molecule has 1 nitrogen and oxygen atoms in total. The summed E-state index contributed by atoms with van der Waals surface area (Å²) in [6, 6.07) is 6.68. The molecule has 4 heteroatoms. The third-order valence-corrected chi connectivity index (χ3v) is 7.25. The fourth-order valence-electron chi connectivity index (χ4n) is 5.69. The molecular formula is C26H35F3O. The molecule has 1 N–H and O–H groups in total. The standard InChI is InChI=1S/C26H35F3O/c1-3-4-5-6-7-8-13-25-16-14-24(30,15-17-26(27,28)29)19-22(25)11-10-21-18-20(2)9-12-23(21)25/h4-7,9,12,18,22,30H,3,8,10-11,13-17,19H2,1-2H3/b5-4-,7-6-/t22-,24+,25-/m1/s1. The van der Waals surface area contributed by atoms with E-state index in [1.807, 2.05) is 0 Å².